The van der Waals surface area contributed by atoms with Crippen LogP contribution in [0.15, 0.2) is 30.0 Å². The fourth-order valence-electron chi connectivity index (χ4n) is 1.40. The van der Waals surface area contributed by atoms with Gasteiger partial charge in [0.05, 0.1) is 36.6 Å². The number of esters is 2. The number of hydrogen-bond donors (Lipinski definition) is 2. The van der Waals surface area contributed by atoms with E-state index < -0.39 is 17.9 Å². The fourth-order valence-corrected chi connectivity index (χ4v) is 1.62. The first-order chi connectivity index (χ1) is 9.90. The Morgan fingerprint density at radius 1 is 1.24 bits per heavy atom. The number of anilines is 1. The van der Waals surface area contributed by atoms with Crippen LogP contribution in [0.5, 0.6) is 0 Å². The summed E-state index contributed by atoms with van der Waals surface area (Å²) in [6, 6.07) is 4.17. The summed E-state index contributed by atoms with van der Waals surface area (Å²) in [5.41, 5.74) is -0.505. The molecule has 0 aliphatic heterocycles. The lowest BCUT2D eigenvalue weighted by Crippen LogP contribution is -2.17. The molecule has 0 aliphatic rings. The van der Waals surface area contributed by atoms with Gasteiger partial charge in [-0.1, -0.05) is 17.7 Å². The summed E-state index contributed by atoms with van der Waals surface area (Å²) < 4.78 is 8.91. The minimum absolute atomic E-state index is 0.0350. The molecule has 0 heterocycles. The van der Waals surface area contributed by atoms with Gasteiger partial charge in [-0.2, -0.15) is 0 Å². The molecule has 0 radical (unpaired) electrons. The van der Waals surface area contributed by atoms with Crippen LogP contribution >= 0.6 is 11.6 Å². The number of para-hydroxylation sites is 1. The third-order valence-corrected chi connectivity index (χ3v) is 2.69. The summed E-state index contributed by atoms with van der Waals surface area (Å²) in [7, 11) is 2.24. The van der Waals surface area contributed by atoms with Crippen LogP contribution in [0.3, 0.4) is 0 Å². The van der Waals surface area contributed by atoms with Crippen LogP contribution in [0.4, 0.5) is 5.69 Å². The first-order valence-electron chi connectivity index (χ1n) is 5.57. The average molecular weight is 314 g/mol. The van der Waals surface area contributed by atoms with E-state index in [1.165, 1.54) is 18.2 Å². The normalized spacial score (nSPS) is 10.7. The van der Waals surface area contributed by atoms with Crippen molar-refractivity contribution in [1.82, 2.24) is 0 Å². The summed E-state index contributed by atoms with van der Waals surface area (Å²) in [6.07, 6.45) is 0.834. The Balaban J connectivity index is 3.27. The highest BCUT2D eigenvalue weighted by Gasteiger charge is 2.19. The largest absolute Gasteiger partial charge is 0.478 e. The molecule has 0 aliphatic carbocycles. The number of ether oxygens (including phenoxy) is 2. The molecule has 0 saturated heterocycles. The number of benzene rings is 1. The first-order valence-corrected chi connectivity index (χ1v) is 5.95. The maximum absolute atomic E-state index is 11.6. The SMILES string of the molecule is COC(=O)/C=C(/Nc1c(Cl)cccc1C(=O)O)C(=O)OC. The van der Waals surface area contributed by atoms with E-state index in [1.54, 1.807) is 0 Å². The molecule has 0 spiro atoms. The Kier molecular flexibility index (Phi) is 5.74. The van der Waals surface area contributed by atoms with Gasteiger partial charge in [-0.3, -0.25) is 0 Å². The van der Waals surface area contributed by atoms with Gasteiger partial charge in [0, 0.05) is 0 Å². The smallest absolute Gasteiger partial charge is 0.354 e. The Bertz CT molecular complexity index is 611. The number of halogens is 1. The van der Waals surface area contributed by atoms with E-state index >= 15 is 0 Å². The molecule has 7 nitrogen and oxygen atoms in total. The van der Waals surface area contributed by atoms with Crippen LogP contribution in [0.1, 0.15) is 10.4 Å². The van der Waals surface area contributed by atoms with Gasteiger partial charge in [-0.05, 0) is 12.1 Å². The standard InChI is InChI=1S/C13H12ClNO6/c1-20-10(16)6-9(13(19)21-2)15-11-7(12(17)18)4-3-5-8(11)14/h3-6,15H,1-2H3,(H,17,18)/b9-6+. The van der Waals surface area contributed by atoms with Gasteiger partial charge in [-0.25, -0.2) is 14.4 Å². The van der Waals surface area contributed by atoms with Crippen molar-refractivity contribution < 1.29 is 29.0 Å². The highest BCUT2D eigenvalue weighted by molar-refractivity contribution is 6.34. The average Bonchev–Trinajstić information content (AvgIpc) is 2.46. The second-order valence-corrected chi connectivity index (χ2v) is 4.07. The van der Waals surface area contributed by atoms with Crippen molar-refractivity contribution in [2.24, 2.45) is 0 Å². The van der Waals surface area contributed by atoms with E-state index in [4.69, 9.17) is 16.7 Å². The lowest BCUT2D eigenvalue weighted by Gasteiger charge is -2.12. The first kappa shape index (κ1) is 16.5. The van der Waals surface area contributed by atoms with Gasteiger partial charge in [0.15, 0.2) is 0 Å². The molecular weight excluding hydrogens is 302 g/mol. The van der Waals surface area contributed by atoms with Crippen molar-refractivity contribution in [3.05, 3.63) is 40.6 Å². The number of aromatic carboxylic acids is 1. The van der Waals surface area contributed by atoms with Crippen LogP contribution in [-0.2, 0) is 19.1 Å². The third-order valence-electron chi connectivity index (χ3n) is 2.37. The molecule has 0 bridgehead atoms. The summed E-state index contributed by atoms with van der Waals surface area (Å²) in [4.78, 5) is 34.0. The molecule has 1 rings (SSSR count). The van der Waals surface area contributed by atoms with Gasteiger partial charge < -0.3 is 19.9 Å². The van der Waals surface area contributed by atoms with E-state index in [2.05, 4.69) is 14.8 Å². The molecule has 8 heteroatoms. The molecule has 21 heavy (non-hydrogen) atoms. The molecule has 2 N–H and O–H groups in total. The van der Waals surface area contributed by atoms with Crippen molar-refractivity contribution in [2.45, 2.75) is 0 Å². The van der Waals surface area contributed by atoms with Crippen LogP contribution < -0.4 is 5.32 Å². The van der Waals surface area contributed by atoms with E-state index in [9.17, 15) is 14.4 Å². The molecule has 112 valence electrons. The molecule has 0 aromatic heterocycles. The topological polar surface area (TPSA) is 102 Å². The third kappa shape index (κ3) is 4.22. The number of carbonyl (C=O) groups is 3. The highest BCUT2D eigenvalue weighted by Crippen LogP contribution is 2.27. The molecule has 1 aromatic carbocycles. The number of carboxylic acids is 1. The quantitative estimate of drug-likeness (QED) is 0.629. The molecule has 0 atom stereocenters. The maximum atomic E-state index is 11.6. The van der Waals surface area contributed by atoms with E-state index in [0.717, 1.165) is 20.3 Å². The summed E-state index contributed by atoms with van der Waals surface area (Å²) in [5.74, 6) is -2.94. The maximum Gasteiger partial charge on any atom is 0.354 e. The molecule has 0 unspecified atom stereocenters. The van der Waals surface area contributed by atoms with E-state index in [-0.39, 0.29) is 22.0 Å². The Labute approximate surface area is 125 Å². The minimum Gasteiger partial charge on any atom is -0.478 e. The molecule has 0 fully saturated rings. The lowest BCUT2D eigenvalue weighted by atomic mass is 10.1. The number of rotatable bonds is 5. The molecule has 1 aromatic rings. The highest BCUT2D eigenvalue weighted by atomic mass is 35.5. The zero-order valence-electron chi connectivity index (χ0n) is 11.2. The predicted molar refractivity (Wildman–Crippen MR) is 74.1 cm³/mol. The monoisotopic (exact) mass is 313 g/mol. The summed E-state index contributed by atoms with van der Waals surface area (Å²) in [6.45, 7) is 0. The van der Waals surface area contributed by atoms with Crippen LogP contribution in [0, 0.1) is 0 Å². The number of nitrogens with one attached hydrogen (secondary N) is 1. The Morgan fingerprint density at radius 3 is 2.43 bits per heavy atom. The van der Waals surface area contributed by atoms with Crippen LogP contribution in [-0.4, -0.2) is 37.2 Å². The molecule has 0 amide bonds. The van der Waals surface area contributed by atoms with Crippen molar-refractivity contribution >= 4 is 35.2 Å². The van der Waals surface area contributed by atoms with Gasteiger partial charge in [0.2, 0.25) is 0 Å². The van der Waals surface area contributed by atoms with Gasteiger partial charge in [0.1, 0.15) is 5.70 Å². The van der Waals surface area contributed by atoms with Crippen molar-refractivity contribution in [2.75, 3.05) is 19.5 Å². The number of carboxylic acid groups (broad SMARTS) is 1. The summed E-state index contributed by atoms with van der Waals surface area (Å²) >= 11 is 5.91. The predicted octanol–water partition coefficient (Wildman–Crippen LogP) is 1.68. The van der Waals surface area contributed by atoms with Crippen molar-refractivity contribution in [1.29, 1.82) is 0 Å². The number of methoxy groups -OCH3 is 2. The fraction of sp³-hybridized carbons (Fsp3) is 0.154. The van der Waals surface area contributed by atoms with E-state index in [1.807, 2.05) is 0 Å². The Morgan fingerprint density at radius 2 is 1.90 bits per heavy atom. The van der Waals surface area contributed by atoms with Crippen molar-refractivity contribution in [3.8, 4) is 0 Å². The van der Waals surface area contributed by atoms with Crippen LogP contribution in [0.2, 0.25) is 5.02 Å². The zero-order chi connectivity index (χ0) is 16.0. The van der Waals surface area contributed by atoms with Gasteiger partial charge in [-0.15, -0.1) is 0 Å². The number of hydrogen-bond acceptors (Lipinski definition) is 6. The van der Waals surface area contributed by atoms with Gasteiger partial charge >= 0.3 is 17.9 Å². The zero-order valence-corrected chi connectivity index (χ0v) is 11.9. The minimum atomic E-state index is -1.25. The lowest BCUT2D eigenvalue weighted by molar-refractivity contribution is -0.138. The van der Waals surface area contributed by atoms with Crippen LogP contribution in [0.25, 0.3) is 0 Å². The number of carbonyl (C=O) groups excluding carboxylic acids is 2. The Hall–Kier alpha value is -2.54. The van der Waals surface area contributed by atoms with Gasteiger partial charge in [0.25, 0.3) is 0 Å². The molecule has 0 saturated carbocycles. The summed E-state index contributed by atoms with van der Waals surface area (Å²) in [5, 5.41) is 11.7. The van der Waals surface area contributed by atoms with E-state index in [0.29, 0.717) is 0 Å². The second-order valence-electron chi connectivity index (χ2n) is 3.67. The van der Waals surface area contributed by atoms with Crippen molar-refractivity contribution in [3.63, 3.8) is 0 Å². The molecular formula is C13H12ClNO6. The second kappa shape index (κ2) is 7.30.